The highest BCUT2D eigenvalue weighted by atomic mass is 16.5. The topological polar surface area (TPSA) is 88.1 Å². The van der Waals surface area contributed by atoms with Crippen molar-refractivity contribution in [3.63, 3.8) is 0 Å². The molecule has 29 heavy (non-hydrogen) atoms. The number of hydrogen-bond donors (Lipinski definition) is 2. The van der Waals surface area contributed by atoms with E-state index in [1.54, 1.807) is 31.3 Å². The van der Waals surface area contributed by atoms with E-state index in [0.717, 1.165) is 16.7 Å². The summed E-state index contributed by atoms with van der Waals surface area (Å²) in [6, 6.07) is 14.3. The maximum absolute atomic E-state index is 13.1. The maximum atomic E-state index is 13.1. The number of nitrogens with zero attached hydrogens (tertiary/aromatic N) is 1. The first kappa shape index (κ1) is 20.3. The lowest BCUT2D eigenvalue weighted by atomic mass is 10.0. The average molecular weight is 396 g/mol. The number of benzene rings is 2. The van der Waals surface area contributed by atoms with E-state index < -0.39 is 12.1 Å². The Morgan fingerprint density at radius 3 is 2.59 bits per heavy atom. The van der Waals surface area contributed by atoms with Crippen LogP contribution in [0.2, 0.25) is 0 Å². The molecule has 1 aliphatic rings. The first-order valence-corrected chi connectivity index (χ1v) is 9.25. The molecule has 0 bridgehead atoms. The van der Waals surface area contributed by atoms with Crippen LogP contribution in [0, 0.1) is 0 Å². The molecule has 0 unspecified atom stereocenters. The van der Waals surface area contributed by atoms with Gasteiger partial charge < -0.3 is 24.8 Å². The summed E-state index contributed by atoms with van der Waals surface area (Å²) < 4.78 is 10.7. The maximum Gasteiger partial charge on any atom is 0.405 e. The third kappa shape index (κ3) is 4.87. The molecule has 0 aliphatic carbocycles. The quantitative estimate of drug-likeness (QED) is 0.783. The van der Waals surface area contributed by atoms with E-state index in [1.807, 2.05) is 42.5 Å². The van der Waals surface area contributed by atoms with Gasteiger partial charge in [0.05, 0.1) is 14.2 Å². The molecule has 0 saturated heterocycles. The standard InChI is InChI=1S/C22H24N2O5/c1-28-18-10-8-17(20(12-18)29-2)14-24-13-16(15-6-4-3-5-7-15)9-11-19(21(24)25)23-22(26)27/h3-10,12,19,23H,11,13-14H2,1-2H3,(H,26,27)/t19-/m1/s1. The Labute approximate surface area is 169 Å². The molecule has 0 saturated carbocycles. The fourth-order valence-corrected chi connectivity index (χ4v) is 3.38. The molecule has 1 aliphatic heterocycles. The largest absolute Gasteiger partial charge is 0.497 e. The van der Waals surface area contributed by atoms with Crippen LogP contribution in [0.3, 0.4) is 0 Å². The summed E-state index contributed by atoms with van der Waals surface area (Å²) in [7, 11) is 3.14. The normalized spacial score (nSPS) is 16.6. The Morgan fingerprint density at radius 2 is 1.93 bits per heavy atom. The number of hydrogen-bond acceptors (Lipinski definition) is 4. The second kappa shape index (κ2) is 9.14. The van der Waals surface area contributed by atoms with Gasteiger partial charge in [0, 0.05) is 24.7 Å². The number of amides is 2. The summed E-state index contributed by atoms with van der Waals surface area (Å²) in [6.07, 6.45) is 1.01. The van der Waals surface area contributed by atoms with E-state index in [1.165, 1.54) is 0 Å². The third-order valence-electron chi connectivity index (χ3n) is 4.87. The predicted molar refractivity (Wildman–Crippen MR) is 109 cm³/mol. The molecule has 1 atom stereocenters. The van der Waals surface area contributed by atoms with Crippen molar-refractivity contribution in [1.29, 1.82) is 0 Å². The average Bonchev–Trinajstić information content (AvgIpc) is 2.88. The molecule has 0 spiro atoms. The Kier molecular flexibility index (Phi) is 6.39. The summed E-state index contributed by atoms with van der Waals surface area (Å²) in [5, 5.41) is 11.5. The first-order valence-electron chi connectivity index (χ1n) is 9.25. The van der Waals surface area contributed by atoms with Crippen molar-refractivity contribution in [2.24, 2.45) is 0 Å². The highest BCUT2D eigenvalue weighted by Crippen LogP contribution is 2.28. The minimum atomic E-state index is -1.22. The lowest BCUT2D eigenvalue weighted by Crippen LogP contribution is -2.47. The lowest BCUT2D eigenvalue weighted by molar-refractivity contribution is -0.133. The van der Waals surface area contributed by atoms with Gasteiger partial charge in [-0.3, -0.25) is 4.79 Å². The lowest BCUT2D eigenvalue weighted by Gasteiger charge is -2.26. The molecule has 7 heteroatoms. The number of methoxy groups -OCH3 is 2. The van der Waals surface area contributed by atoms with Crippen LogP contribution in [-0.4, -0.2) is 48.8 Å². The molecule has 7 nitrogen and oxygen atoms in total. The van der Waals surface area contributed by atoms with Crippen LogP contribution in [0.25, 0.3) is 5.57 Å². The molecular formula is C22H24N2O5. The molecule has 3 rings (SSSR count). The number of rotatable bonds is 6. The van der Waals surface area contributed by atoms with Crippen molar-refractivity contribution < 1.29 is 24.2 Å². The van der Waals surface area contributed by atoms with Gasteiger partial charge in [0.1, 0.15) is 17.5 Å². The van der Waals surface area contributed by atoms with E-state index in [2.05, 4.69) is 5.32 Å². The van der Waals surface area contributed by atoms with Crippen LogP contribution >= 0.6 is 0 Å². The van der Waals surface area contributed by atoms with Gasteiger partial charge in [-0.25, -0.2) is 4.79 Å². The molecule has 0 fully saturated rings. The number of ether oxygens (including phenoxy) is 2. The summed E-state index contributed by atoms with van der Waals surface area (Å²) in [5.74, 6) is 0.991. The van der Waals surface area contributed by atoms with E-state index in [-0.39, 0.29) is 12.5 Å². The minimum Gasteiger partial charge on any atom is -0.497 e. The van der Waals surface area contributed by atoms with Gasteiger partial charge in [0.2, 0.25) is 5.91 Å². The van der Waals surface area contributed by atoms with Gasteiger partial charge in [-0.15, -0.1) is 0 Å². The van der Waals surface area contributed by atoms with Crippen molar-refractivity contribution in [3.8, 4) is 11.5 Å². The fourth-order valence-electron chi connectivity index (χ4n) is 3.38. The Balaban J connectivity index is 1.92. The summed E-state index contributed by atoms with van der Waals surface area (Å²) in [6.45, 7) is 0.657. The van der Waals surface area contributed by atoms with E-state index >= 15 is 0 Å². The Hall–Kier alpha value is -3.48. The minimum absolute atomic E-state index is 0.271. The third-order valence-corrected chi connectivity index (χ3v) is 4.87. The smallest absolute Gasteiger partial charge is 0.405 e. The number of nitrogens with one attached hydrogen (secondary N) is 1. The highest BCUT2D eigenvalue weighted by Gasteiger charge is 2.29. The first-order chi connectivity index (χ1) is 14.0. The Bertz CT molecular complexity index is 911. The zero-order valence-corrected chi connectivity index (χ0v) is 16.4. The molecule has 0 aromatic heterocycles. The molecule has 1 heterocycles. The van der Waals surface area contributed by atoms with Gasteiger partial charge in [-0.1, -0.05) is 36.4 Å². The van der Waals surface area contributed by atoms with Gasteiger partial charge in [0.15, 0.2) is 0 Å². The fraction of sp³-hybridized carbons (Fsp3) is 0.273. The second-order valence-corrected chi connectivity index (χ2v) is 6.71. The molecule has 0 radical (unpaired) electrons. The second-order valence-electron chi connectivity index (χ2n) is 6.71. The van der Waals surface area contributed by atoms with Crippen LogP contribution < -0.4 is 14.8 Å². The molecule has 152 valence electrons. The van der Waals surface area contributed by atoms with Gasteiger partial charge in [-0.2, -0.15) is 0 Å². The van der Waals surface area contributed by atoms with E-state index in [9.17, 15) is 9.59 Å². The number of carbonyl (C=O) groups excluding carboxylic acids is 1. The summed E-state index contributed by atoms with van der Waals surface area (Å²) in [4.78, 5) is 25.9. The molecular weight excluding hydrogens is 372 g/mol. The van der Waals surface area contributed by atoms with Gasteiger partial charge in [-0.05, 0) is 29.7 Å². The van der Waals surface area contributed by atoms with Gasteiger partial charge in [0.25, 0.3) is 0 Å². The van der Waals surface area contributed by atoms with Crippen LogP contribution in [0.5, 0.6) is 11.5 Å². The highest BCUT2D eigenvalue weighted by molar-refractivity contribution is 5.88. The van der Waals surface area contributed by atoms with Crippen LogP contribution in [0.1, 0.15) is 17.5 Å². The van der Waals surface area contributed by atoms with Crippen molar-refractivity contribution in [2.45, 2.75) is 19.0 Å². The summed E-state index contributed by atoms with van der Waals surface area (Å²) in [5.41, 5.74) is 2.79. The molecule has 2 N–H and O–H groups in total. The summed E-state index contributed by atoms with van der Waals surface area (Å²) >= 11 is 0. The van der Waals surface area contributed by atoms with E-state index in [4.69, 9.17) is 14.6 Å². The van der Waals surface area contributed by atoms with Crippen molar-refractivity contribution in [3.05, 3.63) is 65.7 Å². The predicted octanol–water partition coefficient (Wildman–Crippen LogP) is 3.16. The molecule has 2 aromatic rings. The van der Waals surface area contributed by atoms with E-state index in [0.29, 0.717) is 24.5 Å². The van der Waals surface area contributed by atoms with Crippen LogP contribution in [-0.2, 0) is 11.3 Å². The Morgan fingerprint density at radius 1 is 1.17 bits per heavy atom. The molecule has 2 aromatic carbocycles. The number of carboxylic acid groups (broad SMARTS) is 1. The van der Waals surface area contributed by atoms with Gasteiger partial charge >= 0.3 is 6.09 Å². The monoisotopic (exact) mass is 396 g/mol. The van der Waals surface area contributed by atoms with Crippen molar-refractivity contribution in [2.75, 3.05) is 20.8 Å². The van der Waals surface area contributed by atoms with Crippen molar-refractivity contribution in [1.82, 2.24) is 10.2 Å². The zero-order chi connectivity index (χ0) is 20.8. The van der Waals surface area contributed by atoms with Crippen LogP contribution in [0.4, 0.5) is 4.79 Å². The SMILES string of the molecule is COc1ccc(CN2CC(c3ccccc3)=CC[C@@H](NC(=O)O)C2=O)c(OC)c1. The van der Waals surface area contributed by atoms with Crippen LogP contribution in [0.15, 0.2) is 54.6 Å². The number of carbonyl (C=O) groups is 2. The van der Waals surface area contributed by atoms with Crippen molar-refractivity contribution >= 4 is 17.6 Å². The zero-order valence-electron chi connectivity index (χ0n) is 16.4. The molecule has 2 amide bonds.